The summed E-state index contributed by atoms with van der Waals surface area (Å²) in [6, 6.07) is 22.6. The van der Waals surface area contributed by atoms with Crippen LogP contribution in [0.2, 0.25) is 5.02 Å². The Kier molecular flexibility index (Phi) is 5.19. The molecule has 5 nitrogen and oxygen atoms in total. The SMILES string of the molecule is Cc1cc(Cl)ccc1N1C(=O)C(=O)/C(=C(\O)c2cccc3ccccc23)C1c1ccccn1. The van der Waals surface area contributed by atoms with Crippen LogP contribution in [0.5, 0.6) is 0 Å². The molecular weight excluding hydrogens is 436 g/mol. The molecule has 0 saturated carbocycles. The van der Waals surface area contributed by atoms with Crippen molar-refractivity contribution >= 4 is 45.5 Å². The van der Waals surface area contributed by atoms with Gasteiger partial charge in [0.15, 0.2) is 0 Å². The highest BCUT2D eigenvalue weighted by molar-refractivity contribution is 6.52. The molecule has 0 radical (unpaired) electrons. The van der Waals surface area contributed by atoms with E-state index in [1.54, 1.807) is 48.7 Å². The average molecular weight is 455 g/mol. The number of hydrogen-bond acceptors (Lipinski definition) is 4. The molecule has 1 fully saturated rings. The molecule has 1 aromatic heterocycles. The lowest BCUT2D eigenvalue weighted by atomic mass is 9.95. The van der Waals surface area contributed by atoms with Crippen LogP contribution in [-0.2, 0) is 9.59 Å². The Morgan fingerprint density at radius 2 is 1.73 bits per heavy atom. The molecule has 1 saturated heterocycles. The molecule has 0 aliphatic carbocycles. The van der Waals surface area contributed by atoms with Crippen LogP contribution in [0.3, 0.4) is 0 Å². The molecule has 0 bridgehead atoms. The number of pyridine rings is 1. The average Bonchev–Trinajstić information content (AvgIpc) is 3.09. The number of benzene rings is 3. The molecule has 2 heterocycles. The van der Waals surface area contributed by atoms with Crippen molar-refractivity contribution < 1.29 is 14.7 Å². The summed E-state index contributed by atoms with van der Waals surface area (Å²) < 4.78 is 0. The van der Waals surface area contributed by atoms with Gasteiger partial charge in [0, 0.05) is 22.5 Å². The Labute approximate surface area is 195 Å². The number of fused-ring (bicyclic) bond motifs is 1. The number of ketones is 1. The van der Waals surface area contributed by atoms with Gasteiger partial charge in [-0.25, -0.2) is 0 Å². The Bertz CT molecular complexity index is 1440. The number of aliphatic hydroxyl groups excluding tert-OH is 1. The van der Waals surface area contributed by atoms with Crippen molar-refractivity contribution in [3.63, 3.8) is 0 Å². The molecule has 3 aromatic carbocycles. The summed E-state index contributed by atoms with van der Waals surface area (Å²) in [4.78, 5) is 32.5. The molecule has 33 heavy (non-hydrogen) atoms. The molecule has 1 N–H and O–H groups in total. The molecule has 162 valence electrons. The van der Waals surface area contributed by atoms with Gasteiger partial charge in [-0.1, -0.05) is 60.1 Å². The minimum Gasteiger partial charge on any atom is -0.507 e. The van der Waals surface area contributed by atoms with Gasteiger partial charge in [0.2, 0.25) is 0 Å². The zero-order valence-corrected chi connectivity index (χ0v) is 18.5. The highest BCUT2D eigenvalue weighted by atomic mass is 35.5. The number of Topliss-reactive ketones (excluding diaryl/α,β-unsaturated/α-hetero) is 1. The number of aliphatic hydroxyl groups is 1. The highest BCUT2D eigenvalue weighted by Gasteiger charge is 2.48. The van der Waals surface area contributed by atoms with E-state index in [1.807, 2.05) is 43.3 Å². The van der Waals surface area contributed by atoms with E-state index < -0.39 is 17.7 Å². The van der Waals surface area contributed by atoms with Gasteiger partial charge in [0.05, 0.1) is 11.3 Å². The number of halogens is 1. The summed E-state index contributed by atoms with van der Waals surface area (Å²) in [5.41, 5.74) is 2.24. The van der Waals surface area contributed by atoms with E-state index in [4.69, 9.17) is 11.6 Å². The summed E-state index contributed by atoms with van der Waals surface area (Å²) in [7, 11) is 0. The summed E-state index contributed by atoms with van der Waals surface area (Å²) in [5, 5.41) is 13.7. The highest BCUT2D eigenvalue weighted by Crippen LogP contribution is 2.43. The smallest absolute Gasteiger partial charge is 0.300 e. The Morgan fingerprint density at radius 1 is 0.970 bits per heavy atom. The predicted octanol–water partition coefficient (Wildman–Crippen LogP) is 5.82. The number of carbonyl (C=O) groups is 2. The fraction of sp³-hybridized carbons (Fsp3) is 0.0741. The van der Waals surface area contributed by atoms with Crippen molar-refractivity contribution in [3.8, 4) is 0 Å². The van der Waals surface area contributed by atoms with Gasteiger partial charge in [-0.2, -0.15) is 0 Å². The number of rotatable bonds is 3. The monoisotopic (exact) mass is 454 g/mol. The maximum atomic E-state index is 13.3. The first-order valence-electron chi connectivity index (χ1n) is 10.4. The molecule has 1 aliphatic heterocycles. The fourth-order valence-electron chi connectivity index (χ4n) is 4.36. The van der Waals surface area contributed by atoms with Crippen molar-refractivity contribution in [2.24, 2.45) is 0 Å². The van der Waals surface area contributed by atoms with Gasteiger partial charge in [-0.15, -0.1) is 0 Å². The first-order valence-corrected chi connectivity index (χ1v) is 10.8. The first-order chi connectivity index (χ1) is 16.0. The van der Waals surface area contributed by atoms with E-state index in [-0.39, 0.29) is 11.3 Å². The van der Waals surface area contributed by atoms with Crippen LogP contribution in [-0.4, -0.2) is 21.8 Å². The van der Waals surface area contributed by atoms with Gasteiger partial charge < -0.3 is 5.11 Å². The third-order valence-electron chi connectivity index (χ3n) is 5.88. The second-order valence-electron chi connectivity index (χ2n) is 7.88. The van der Waals surface area contributed by atoms with Crippen LogP contribution >= 0.6 is 11.6 Å². The second kappa shape index (κ2) is 8.19. The summed E-state index contributed by atoms with van der Waals surface area (Å²) >= 11 is 6.12. The lowest BCUT2D eigenvalue weighted by Gasteiger charge is -2.26. The van der Waals surface area contributed by atoms with Crippen molar-refractivity contribution in [1.82, 2.24) is 4.98 Å². The molecular formula is C27H19ClN2O3. The Balaban J connectivity index is 1.79. The van der Waals surface area contributed by atoms with Crippen LogP contribution in [0.4, 0.5) is 5.69 Å². The van der Waals surface area contributed by atoms with E-state index in [0.29, 0.717) is 22.0 Å². The van der Waals surface area contributed by atoms with E-state index >= 15 is 0 Å². The predicted molar refractivity (Wildman–Crippen MR) is 129 cm³/mol. The van der Waals surface area contributed by atoms with Crippen LogP contribution < -0.4 is 4.90 Å². The summed E-state index contributed by atoms with van der Waals surface area (Å²) in [6.07, 6.45) is 1.60. The maximum Gasteiger partial charge on any atom is 0.300 e. The summed E-state index contributed by atoms with van der Waals surface area (Å²) in [5.74, 6) is -1.71. The second-order valence-corrected chi connectivity index (χ2v) is 8.32. The van der Waals surface area contributed by atoms with Gasteiger partial charge in [-0.3, -0.25) is 19.5 Å². The van der Waals surface area contributed by atoms with E-state index in [2.05, 4.69) is 4.98 Å². The van der Waals surface area contributed by atoms with E-state index in [1.165, 1.54) is 4.90 Å². The molecule has 5 rings (SSSR count). The minimum absolute atomic E-state index is 0.00408. The standard InChI is InChI=1S/C27H19ClN2O3/c1-16-15-18(28)12-13-22(16)30-24(21-11-4-5-14-29-21)23(26(32)27(30)33)25(31)20-10-6-8-17-7-2-3-9-19(17)20/h2-15,24,31H,1H3/b25-23-. The number of aromatic nitrogens is 1. The van der Waals surface area contributed by atoms with Crippen molar-refractivity contribution in [1.29, 1.82) is 0 Å². The number of hydrogen-bond donors (Lipinski definition) is 1. The molecule has 6 heteroatoms. The molecule has 1 unspecified atom stereocenters. The van der Waals surface area contributed by atoms with Gasteiger partial charge in [0.25, 0.3) is 11.7 Å². The Morgan fingerprint density at radius 3 is 2.48 bits per heavy atom. The largest absolute Gasteiger partial charge is 0.507 e. The topological polar surface area (TPSA) is 70.5 Å². The van der Waals surface area contributed by atoms with Gasteiger partial charge >= 0.3 is 0 Å². The molecule has 1 amide bonds. The van der Waals surface area contributed by atoms with E-state index in [9.17, 15) is 14.7 Å². The van der Waals surface area contributed by atoms with Crippen LogP contribution in [0.1, 0.15) is 22.9 Å². The number of amides is 1. The third kappa shape index (κ3) is 3.47. The van der Waals surface area contributed by atoms with Gasteiger partial charge in [0.1, 0.15) is 11.8 Å². The Hall–Kier alpha value is -3.96. The lowest BCUT2D eigenvalue weighted by molar-refractivity contribution is -0.132. The van der Waals surface area contributed by atoms with Crippen molar-refractivity contribution in [2.75, 3.05) is 4.90 Å². The number of aryl methyl sites for hydroxylation is 1. The minimum atomic E-state index is -0.884. The normalized spacial score (nSPS) is 17.6. The van der Waals surface area contributed by atoms with Crippen LogP contribution in [0.25, 0.3) is 16.5 Å². The number of carbonyl (C=O) groups excluding carboxylic acids is 2. The van der Waals surface area contributed by atoms with Crippen molar-refractivity contribution in [2.45, 2.75) is 13.0 Å². The van der Waals surface area contributed by atoms with Crippen LogP contribution in [0, 0.1) is 6.92 Å². The molecule has 1 aliphatic rings. The third-order valence-corrected chi connectivity index (χ3v) is 6.11. The van der Waals surface area contributed by atoms with Crippen LogP contribution in [0.15, 0.2) is 90.6 Å². The first kappa shape index (κ1) is 20.9. The van der Waals surface area contributed by atoms with Crippen molar-refractivity contribution in [3.05, 3.63) is 112 Å². The zero-order valence-electron chi connectivity index (χ0n) is 17.7. The lowest BCUT2D eigenvalue weighted by Crippen LogP contribution is -2.30. The fourth-order valence-corrected chi connectivity index (χ4v) is 4.59. The molecule has 0 spiro atoms. The molecule has 4 aromatic rings. The molecule has 1 atom stereocenters. The maximum absolute atomic E-state index is 13.3. The van der Waals surface area contributed by atoms with E-state index in [0.717, 1.165) is 16.3 Å². The van der Waals surface area contributed by atoms with Gasteiger partial charge in [-0.05, 0) is 53.6 Å². The summed E-state index contributed by atoms with van der Waals surface area (Å²) in [6.45, 7) is 1.82. The quantitative estimate of drug-likeness (QED) is 0.240. The zero-order chi connectivity index (χ0) is 23.1. The number of nitrogens with zero attached hydrogens (tertiary/aromatic N) is 2. The number of anilines is 1.